The summed E-state index contributed by atoms with van der Waals surface area (Å²) in [6.45, 7) is 4.26. The van der Waals surface area contributed by atoms with E-state index in [2.05, 4.69) is 22.8 Å². The predicted octanol–water partition coefficient (Wildman–Crippen LogP) is 4.21. The van der Waals surface area contributed by atoms with Gasteiger partial charge in [0.25, 0.3) is 11.8 Å². The van der Waals surface area contributed by atoms with Crippen molar-refractivity contribution in [1.82, 2.24) is 5.32 Å². The predicted molar refractivity (Wildman–Crippen MR) is 128 cm³/mol. The first-order valence-electron chi connectivity index (χ1n) is 9.64. The van der Waals surface area contributed by atoms with Crippen LogP contribution in [0, 0.1) is 13.8 Å². The number of hydrogen-bond acceptors (Lipinski definition) is 5. The van der Waals surface area contributed by atoms with Crippen LogP contribution in [0.25, 0.3) is 0 Å². The van der Waals surface area contributed by atoms with Crippen LogP contribution in [0.4, 0.5) is 5.00 Å². The van der Waals surface area contributed by atoms with Crippen molar-refractivity contribution >= 4 is 45.5 Å². The van der Waals surface area contributed by atoms with Gasteiger partial charge >= 0.3 is 0 Å². The summed E-state index contributed by atoms with van der Waals surface area (Å²) in [7, 11) is 0. The fraction of sp³-hybridized carbons (Fsp3) is 0.174. The zero-order chi connectivity index (χ0) is 22.4. The molecular weight excluding hydrogens is 430 g/mol. The van der Waals surface area contributed by atoms with E-state index in [-0.39, 0.29) is 11.0 Å². The Balaban J connectivity index is 1.54. The minimum atomic E-state index is -0.540. The van der Waals surface area contributed by atoms with Gasteiger partial charge in [-0.2, -0.15) is 0 Å². The summed E-state index contributed by atoms with van der Waals surface area (Å²) in [6, 6.07) is 16.9. The number of thiophene rings is 1. The van der Waals surface area contributed by atoms with Crippen LogP contribution in [0.15, 0.2) is 54.6 Å². The molecule has 8 heteroatoms. The molecule has 160 valence electrons. The second-order valence-electron chi connectivity index (χ2n) is 6.87. The number of carbonyl (C=O) groups is 2. The molecule has 0 radical (unpaired) electrons. The van der Waals surface area contributed by atoms with E-state index in [4.69, 9.17) is 22.7 Å². The zero-order valence-electron chi connectivity index (χ0n) is 17.2. The maximum Gasteiger partial charge on any atom is 0.257 e. The second kappa shape index (κ2) is 10.2. The molecule has 0 saturated heterocycles. The van der Waals surface area contributed by atoms with Crippen LogP contribution >= 0.6 is 23.6 Å². The van der Waals surface area contributed by atoms with E-state index in [1.165, 1.54) is 16.9 Å². The van der Waals surface area contributed by atoms with Gasteiger partial charge in [0, 0.05) is 16.9 Å². The van der Waals surface area contributed by atoms with Crippen molar-refractivity contribution in [1.29, 1.82) is 0 Å². The maximum atomic E-state index is 12.5. The molecule has 1 heterocycles. The number of ether oxygens (including phenoxy) is 1. The van der Waals surface area contributed by atoms with E-state index >= 15 is 0 Å². The molecule has 3 rings (SSSR count). The van der Waals surface area contributed by atoms with Crippen molar-refractivity contribution in [3.05, 3.63) is 81.7 Å². The number of nitrogens with one attached hydrogen (secondary N) is 2. The van der Waals surface area contributed by atoms with Crippen LogP contribution in [-0.2, 0) is 6.42 Å². The van der Waals surface area contributed by atoms with Gasteiger partial charge < -0.3 is 15.8 Å². The van der Waals surface area contributed by atoms with Gasteiger partial charge in [0.1, 0.15) is 10.8 Å². The van der Waals surface area contributed by atoms with E-state index in [0.717, 1.165) is 16.9 Å². The largest absolute Gasteiger partial charge is 0.493 e. The lowest BCUT2D eigenvalue weighted by Crippen LogP contribution is -2.34. The van der Waals surface area contributed by atoms with Gasteiger partial charge in [0.15, 0.2) is 5.11 Å². The van der Waals surface area contributed by atoms with Gasteiger partial charge in [0.05, 0.1) is 12.2 Å². The molecule has 0 aliphatic rings. The first-order chi connectivity index (χ1) is 14.8. The SMILES string of the molecule is Cc1sc(NC(=S)NC(=O)c2ccc(OCCc3ccccc3)cc2)c(C(N)=O)c1C. The Hall–Kier alpha value is -3.23. The van der Waals surface area contributed by atoms with Gasteiger partial charge in [-0.05, 0) is 61.5 Å². The topological polar surface area (TPSA) is 93.4 Å². The van der Waals surface area contributed by atoms with Crippen LogP contribution in [0.2, 0.25) is 0 Å². The molecule has 0 unspecified atom stereocenters. The van der Waals surface area contributed by atoms with Gasteiger partial charge in [-0.1, -0.05) is 30.3 Å². The number of nitrogens with two attached hydrogens (primary N) is 1. The molecule has 0 fully saturated rings. The number of primary amides is 1. The summed E-state index contributed by atoms with van der Waals surface area (Å²) in [6.07, 6.45) is 0.804. The molecular formula is C23H23N3O3S2. The Morgan fingerprint density at radius 1 is 1.06 bits per heavy atom. The Bertz CT molecular complexity index is 1090. The first-order valence-corrected chi connectivity index (χ1v) is 10.9. The molecule has 0 spiro atoms. The number of anilines is 1. The van der Waals surface area contributed by atoms with Crippen molar-refractivity contribution in [3.8, 4) is 5.75 Å². The van der Waals surface area contributed by atoms with Gasteiger partial charge in [-0.25, -0.2) is 0 Å². The fourth-order valence-electron chi connectivity index (χ4n) is 2.96. The molecule has 0 aliphatic carbocycles. The third-order valence-electron chi connectivity index (χ3n) is 4.70. The average Bonchev–Trinajstić information content (AvgIpc) is 3.02. The van der Waals surface area contributed by atoms with Gasteiger partial charge in [-0.3, -0.25) is 14.9 Å². The molecule has 31 heavy (non-hydrogen) atoms. The van der Waals surface area contributed by atoms with Gasteiger partial charge in [0.2, 0.25) is 0 Å². The second-order valence-corrected chi connectivity index (χ2v) is 8.50. The Kier molecular flexibility index (Phi) is 7.38. The van der Waals surface area contributed by atoms with E-state index in [1.54, 1.807) is 24.3 Å². The molecule has 4 N–H and O–H groups in total. The summed E-state index contributed by atoms with van der Waals surface area (Å²) in [5.41, 5.74) is 8.29. The van der Waals surface area contributed by atoms with E-state index in [1.807, 2.05) is 32.0 Å². The standard InChI is InChI=1S/C23H23N3O3S2/c1-14-15(2)31-22(19(14)20(24)27)26-23(30)25-21(28)17-8-10-18(11-9-17)29-13-12-16-6-4-3-5-7-16/h3-11H,12-13H2,1-2H3,(H2,24,27)(H2,25,26,28,30). The highest BCUT2D eigenvalue weighted by molar-refractivity contribution is 7.80. The smallest absolute Gasteiger partial charge is 0.257 e. The minimum absolute atomic E-state index is 0.0944. The maximum absolute atomic E-state index is 12.5. The van der Waals surface area contributed by atoms with Crippen molar-refractivity contribution < 1.29 is 14.3 Å². The van der Waals surface area contributed by atoms with Crippen molar-refractivity contribution in [3.63, 3.8) is 0 Å². The fourth-order valence-corrected chi connectivity index (χ4v) is 4.28. The lowest BCUT2D eigenvalue weighted by molar-refractivity contribution is 0.0975. The summed E-state index contributed by atoms with van der Waals surface area (Å²) in [5, 5.41) is 6.14. The molecule has 0 saturated carbocycles. The van der Waals surface area contributed by atoms with E-state index in [9.17, 15) is 9.59 Å². The number of aryl methyl sites for hydroxylation is 1. The number of hydrogen-bond donors (Lipinski definition) is 3. The van der Waals surface area contributed by atoms with Crippen LogP contribution < -0.4 is 21.1 Å². The van der Waals surface area contributed by atoms with Crippen LogP contribution in [0.3, 0.4) is 0 Å². The molecule has 1 aromatic heterocycles. The third kappa shape index (κ3) is 5.90. The molecule has 2 amide bonds. The van der Waals surface area contributed by atoms with Gasteiger partial charge in [-0.15, -0.1) is 11.3 Å². The molecule has 0 atom stereocenters. The first kappa shape index (κ1) is 22.5. The van der Waals surface area contributed by atoms with E-state index < -0.39 is 5.91 Å². The Morgan fingerprint density at radius 3 is 2.39 bits per heavy atom. The quantitative estimate of drug-likeness (QED) is 0.466. The average molecular weight is 454 g/mol. The highest BCUT2D eigenvalue weighted by Gasteiger charge is 2.18. The van der Waals surface area contributed by atoms with Crippen LogP contribution in [0.1, 0.15) is 36.7 Å². The summed E-state index contributed by atoms with van der Waals surface area (Å²) < 4.78 is 5.74. The summed E-state index contributed by atoms with van der Waals surface area (Å²) in [5.74, 6) is -0.218. The van der Waals surface area contributed by atoms with Crippen molar-refractivity contribution in [2.75, 3.05) is 11.9 Å². The summed E-state index contributed by atoms with van der Waals surface area (Å²) in [4.78, 5) is 25.1. The normalized spacial score (nSPS) is 10.4. The highest BCUT2D eigenvalue weighted by atomic mass is 32.1. The Labute approximate surface area is 190 Å². The monoisotopic (exact) mass is 453 g/mol. The molecule has 2 aromatic carbocycles. The van der Waals surface area contributed by atoms with E-state index in [0.29, 0.717) is 28.5 Å². The lowest BCUT2D eigenvalue weighted by atomic mass is 10.1. The summed E-state index contributed by atoms with van der Waals surface area (Å²) >= 11 is 6.59. The van der Waals surface area contributed by atoms with Crippen LogP contribution in [0.5, 0.6) is 5.75 Å². The van der Waals surface area contributed by atoms with Crippen LogP contribution in [-0.4, -0.2) is 23.5 Å². The zero-order valence-corrected chi connectivity index (χ0v) is 18.9. The third-order valence-corrected chi connectivity index (χ3v) is 6.03. The van der Waals surface area contributed by atoms with Crippen molar-refractivity contribution in [2.45, 2.75) is 20.3 Å². The van der Waals surface area contributed by atoms with Crippen molar-refractivity contribution in [2.24, 2.45) is 5.73 Å². The molecule has 0 bridgehead atoms. The number of thiocarbonyl (C=S) groups is 1. The lowest BCUT2D eigenvalue weighted by Gasteiger charge is -2.10. The number of amides is 2. The number of benzene rings is 2. The Morgan fingerprint density at radius 2 is 1.74 bits per heavy atom. The number of carbonyl (C=O) groups excluding carboxylic acids is 2. The molecule has 6 nitrogen and oxygen atoms in total. The molecule has 3 aromatic rings. The highest BCUT2D eigenvalue weighted by Crippen LogP contribution is 2.31. The minimum Gasteiger partial charge on any atom is -0.493 e. The molecule has 0 aliphatic heterocycles. The number of rotatable bonds is 7.